The SMILES string of the molecule is CCOC(=O)c1c(Cl)c(Cl)c(Cl)c(Cl)c1C(=O)OC. The number of ether oxygens (including phenoxy) is 2. The van der Waals surface area contributed by atoms with E-state index in [-0.39, 0.29) is 37.8 Å². The van der Waals surface area contributed by atoms with E-state index in [1.54, 1.807) is 6.92 Å². The molecule has 0 aliphatic carbocycles. The fraction of sp³-hybridized carbons (Fsp3) is 0.273. The number of esters is 2. The molecule has 8 heteroatoms. The summed E-state index contributed by atoms with van der Waals surface area (Å²) in [5.41, 5.74) is -0.545. The van der Waals surface area contributed by atoms with Crippen molar-refractivity contribution in [3.8, 4) is 0 Å². The van der Waals surface area contributed by atoms with Crippen LogP contribution in [0.2, 0.25) is 20.1 Å². The van der Waals surface area contributed by atoms with Crippen LogP contribution in [0.15, 0.2) is 0 Å². The third kappa shape index (κ3) is 3.08. The van der Waals surface area contributed by atoms with Crippen molar-refractivity contribution in [2.45, 2.75) is 6.92 Å². The number of benzene rings is 1. The fourth-order valence-electron chi connectivity index (χ4n) is 1.32. The predicted octanol–water partition coefficient (Wildman–Crippen LogP) is 4.26. The van der Waals surface area contributed by atoms with Crippen molar-refractivity contribution in [2.75, 3.05) is 13.7 Å². The minimum atomic E-state index is -0.867. The lowest BCUT2D eigenvalue weighted by Gasteiger charge is -2.13. The molecule has 0 radical (unpaired) electrons. The van der Waals surface area contributed by atoms with Gasteiger partial charge in [0.2, 0.25) is 0 Å². The average molecular weight is 346 g/mol. The zero-order valence-corrected chi connectivity index (χ0v) is 12.9. The maximum Gasteiger partial charge on any atom is 0.340 e. The van der Waals surface area contributed by atoms with Crippen molar-refractivity contribution < 1.29 is 19.1 Å². The van der Waals surface area contributed by atoms with Crippen molar-refractivity contribution >= 4 is 58.3 Å². The topological polar surface area (TPSA) is 52.6 Å². The minimum Gasteiger partial charge on any atom is -0.465 e. The van der Waals surface area contributed by atoms with Crippen molar-refractivity contribution in [3.63, 3.8) is 0 Å². The molecule has 0 atom stereocenters. The Hall–Kier alpha value is -0.680. The summed E-state index contributed by atoms with van der Waals surface area (Å²) in [5.74, 6) is -1.71. The zero-order chi connectivity index (χ0) is 14.7. The molecule has 0 amide bonds. The van der Waals surface area contributed by atoms with Gasteiger partial charge in [0.05, 0.1) is 44.9 Å². The largest absolute Gasteiger partial charge is 0.465 e. The number of rotatable bonds is 3. The molecular weight excluding hydrogens is 338 g/mol. The van der Waals surface area contributed by atoms with Crippen LogP contribution in [-0.4, -0.2) is 25.7 Å². The summed E-state index contributed by atoms with van der Waals surface area (Å²) in [6.45, 7) is 1.69. The van der Waals surface area contributed by atoms with E-state index in [4.69, 9.17) is 51.1 Å². The number of carbonyl (C=O) groups excluding carboxylic acids is 2. The van der Waals surface area contributed by atoms with Gasteiger partial charge in [0.1, 0.15) is 0 Å². The van der Waals surface area contributed by atoms with E-state index in [1.165, 1.54) is 0 Å². The van der Waals surface area contributed by atoms with E-state index < -0.39 is 11.9 Å². The maximum absolute atomic E-state index is 11.8. The van der Waals surface area contributed by atoms with E-state index in [2.05, 4.69) is 4.74 Å². The summed E-state index contributed by atoms with van der Waals surface area (Å²) in [6.07, 6.45) is 0. The Balaban J connectivity index is 3.66. The van der Waals surface area contributed by atoms with Crippen LogP contribution in [-0.2, 0) is 9.47 Å². The number of methoxy groups -OCH3 is 1. The molecule has 0 spiro atoms. The summed E-state index contributed by atoms with van der Waals surface area (Å²) >= 11 is 23.5. The van der Waals surface area contributed by atoms with Crippen LogP contribution in [0.4, 0.5) is 0 Å². The zero-order valence-electron chi connectivity index (χ0n) is 9.85. The van der Waals surface area contributed by atoms with Crippen molar-refractivity contribution in [3.05, 3.63) is 31.2 Å². The summed E-state index contributed by atoms with van der Waals surface area (Å²) in [4.78, 5) is 23.6. The molecule has 19 heavy (non-hydrogen) atoms. The number of carbonyl (C=O) groups is 2. The highest BCUT2D eigenvalue weighted by atomic mass is 35.5. The number of halogens is 4. The molecule has 1 aromatic carbocycles. The second kappa shape index (κ2) is 6.66. The van der Waals surface area contributed by atoms with Crippen molar-refractivity contribution in [1.82, 2.24) is 0 Å². The lowest BCUT2D eigenvalue weighted by atomic mass is 10.1. The molecular formula is C11H8Cl4O4. The molecule has 0 saturated heterocycles. The van der Waals surface area contributed by atoms with Gasteiger partial charge < -0.3 is 9.47 Å². The highest BCUT2D eigenvalue weighted by Crippen LogP contribution is 2.42. The Morgan fingerprint density at radius 1 is 0.895 bits per heavy atom. The molecule has 0 unspecified atom stereocenters. The second-order valence-electron chi connectivity index (χ2n) is 3.22. The normalized spacial score (nSPS) is 10.2. The van der Waals surface area contributed by atoms with Crippen molar-refractivity contribution in [2.24, 2.45) is 0 Å². The molecule has 4 nitrogen and oxygen atoms in total. The first-order valence-electron chi connectivity index (χ1n) is 4.98. The maximum atomic E-state index is 11.8. The van der Waals surface area contributed by atoms with Crippen LogP contribution in [0.1, 0.15) is 27.6 Å². The van der Waals surface area contributed by atoms with Gasteiger partial charge in [0.25, 0.3) is 0 Å². The molecule has 0 aliphatic heterocycles. The lowest BCUT2D eigenvalue weighted by molar-refractivity contribution is 0.0504. The average Bonchev–Trinajstić information content (AvgIpc) is 2.39. The van der Waals surface area contributed by atoms with Gasteiger partial charge in [-0.2, -0.15) is 0 Å². The lowest BCUT2D eigenvalue weighted by Crippen LogP contribution is -2.15. The van der Waals surface area contributed by atoms with Crippen LogP contribution in [0.25, 0.3) is 0 Å². The van der Waals surface area contributed by atoms with Crippen LogP contribution >= 0.6 is 46.4 Å². The molecule has 0 saturated carbocycles. The van der Waals surface area contributed by atoms with Crippen LogP contribution in [0, 0.1) is 0 Å². The molecule has 0 aliphatic rings. The van der Waals surface area contributed by atoms with Gasteiger partial charge >= 0.3 is 11.9 Å². The fourth-order valence-corrected chi connectivity index (χ4v) is 2.33. The number of hydrogen-bond donors (Lipinski definition) is 0. The Bertz CT molecular complexity index is 542. The van der Waals surface area contributed by atoms with E-state index in [0.29, 0.717) is 0 Å². The highest BCUT2D eigenvalue weighted by molar-refractivity contribution is 6.54. The summed E-state index contributed by atoms with van der Waals surface area (Å²) < 4.78 is 9.35. The Morgan fingerprint density at radius 2 is 1.32 bits per heavy atom. The predicted molar refractivity (Wildman–Crippen MR) is 73.8 cm³/mol. The monoisotopic (exact) mass is 344 g/mol. The van der Waals surface area contributed by atoms with E-state index in [0.717, 1.165) is 7.11 Å². The molecule has 0 heterocycles. The first kappa shape index (κ1) is 16.4. The third-order valence-electron chi connectivity index (χ3n) is 2.14. The van der Waals surface area contributed by atoms with E-state index >= 15 is 0 Å². The second-order valence-corrected chi connectivity index (χ2v) is 4.73. The van der Waals surface area contributed by atoms with Crippen LogP contribution in [0.5, 0.6) is 0 Å². The van der Waals surface area contributed by atoms with Crippen LogP contribution in [0.3, 0.4) is 0 Å². The Kier molecular flexibility index (Phi) is 5.74. The molecule has 104 valence electrons. The summed E-state index contributed by atoms with van der Waals surface area (Å²) in [7, 11) is 1.13. The smallest absolute Gasteiger partial charge is 0.340 e. The molecule has 0 bridgehead atoms. The van der Waals surface area contributed by atoms with Gasteiger partial charge in [-0.3, -0.25) is 0 Å². The van der Waals surface area contributed by atoms with Crippen molar-refractivity contribution in [1.29, 1.82) is 0 Å². The van der Waals surface area contributed by atoms with Gasteiger partial charge in [-0.1, -0.05) is 46.4 Å². The van der Waals surface area contributed by atoms with Gasteiger partial charge in [-0.15, -0.1) is 0 Å². The van der Waals surface area contributed by atoms with Crippen LogP contribution < -0.4 is 0 Å². The van der Waals surface area contributed by atoms with Gasteiger partial charge in [-0.25, -0.2) is 9.59 Å². The Labute approximate surface area is 129 Å². The minimum absolute atomic E-state index is 0.0909. The number of hydrogen-bond acceptors (Lipinski definition) is 4. The van der Waals surface area contributed by atoms with Gasteiger partial charge in [0, 0.05) is 0 Å². The summed E-state index contributed by atoms with van der Waals surface area (Å²) in [5, 5.41) is -0.702. The molecule has 1 rings (SSSR count). The first-order chi connectivity index (χ1) is 8.86. The van der Waals surface area contributed by atoms with E-state index in [1.807, 2.05) is 0 Å². The van der Waals surface area contributed by atoms with Gasteiger partial charge in [-0.05, 0) is 6.92 Å². The molecule has 0 fully saturated rings. The van der Waals surface area contributed by atoms with Gasteiger partial charge in [0.15, 0.2) is 0 Å². The molecule has 0 N–H and O–H groups in total. The third-order valence-corrected chi connectivity index (χ3v) is 3.94. The quantitative estimate of drug-likeness (QED) is 0.466. The summed E-state index contributed by atoms with van der Waals surface area (Å²) in [6, 6.07) is 0. The first-order valence-corrected chi connectivity index (χ1v) is 6.49. The molecule has 0 aromatic heterocycles. The Morgan fingerprint density at radius 3 is 1.68 bits per heavy atom. The van der Waals surface area contributed by atoms with E-state index in [9.17, 15) is 9.59 Å². The molecule has 1 aromatic rings. The highest BCUT2D eigenvalue weighted by Gasteiger charge is 2.30. The standard InChI is InChI=1S/C11H8Cl4O4/c1-3-19-11(17)5-4(10(16)18-2)6(12)8(14)9(15)7(5)13/h3H2,1-2H3.